The Hall–Kier alpha value is -0.120. The summed E-state index contributed by atoms with van der Waals surface area (Å²) in [6.45, 7) is 4.47. The normalized spacial score (nSPS) is 28.0. The Balaban J connectivity index is 0.000000261. The molecule has 2 unspecified atom stereocenters. The molecule has 0 aromatic carbocycles. The van der Waals surface area contributed by atoms with Crippen molar-refractivity contribution in [2.75, 3.05) is 13.2 Å². The van der Waals surface area contributed by atoms with Crippen LogP contribution in [0.4, 0.5) is 0 Å². The molecule has 0 aliphatic carbocycles. The van der Waals surface area contributed by atoms with Crippen molar-refractivity contribution in [3.63, 3.8) is 0 Å². The molecule has 3 heteroatoms. The highest BCUT2D eigenvalue weighted by molar-refractivity contribution is 4.68. The Morgan fingerprint density at radius 3 is 2.08 bits per heavy atom. The second-order valence-electron chi connectivity index (χ2n) is 3.05. The predicted octanol–water partition coefficient (Wildman–Crippen LogP) is 0.935. The van der Waals surface area contributed by atoms with E-state index in [1.807, 2.05) is 13.8 Å². The fourth-order valence-corrected chi connectivity index (χ4v) is 1.02. The van der Waals surface area contributed by atoms with Crippen LogP contribution in [-0.2, 0) is 4.74 Å². The van der Waals surface area contributed by atoms with E-state index >= 15 is 0 Å². The van der Waals surface area contributed by atoms with E-state index in [-0.39, 0.29) is 12.7 Å². The van der Waals surface area contributed by atoms with Crippen LogP contribution in [-0.4, -0.2) is 35.6 Å². The summed E-state index contributed by atoms with van der Waals surface area (Å²) >= 11 is 0. The second-order valence-corrected chi connectivity index (χ2v) is 3.05. The van der Waals surface area contributed by atoms with Gasteiger partial charge in [-0.3, -0.25) is 0 Å². The lowest BCUT2D eigenvalue weighted by Crippen LogP contribution is -2.11. The maximum atomic E-state index is 8.56. The molecule has 0 aromatic rings. The Labute approximate surface area is 74.4 Å². The van der Waals surface area contributed by atoms with Gasteiger partial charge in [-0.05, 0) is 26.2 Å². The van der Waals surface area contributed by atoms with Crippen molar-refractivity contribution in [3.05, 3.63) is 0 Å². The Kier molecular flexibility index (Phi) is 7.45. The smallest absolute Gasteiger partial charge is 0.0810 e. The monoisotopic (exact) mass is 176 g/mol. The third-order valence-electron chi connectivity index (χ3n) is 1.75. The highest BCUT2D eigenvalue weighted by atomic mass is 16.5. The van der Waals surface area contributed by atoms with Crippen LogP contribution in [0.2, 0.25) is 0 Å². The molecule has 1 heterocycles. The molecule has 1 rings (SSSR count). The lowest BCUT2D eigenvalue weighted by Gasteiger charge is -2.05. The molecule has 1 aliphatic rings. The van der Waals surface area contributed by atoms with Crippen LogP contribution in [0.5, 0.6) is 0 Å². The van der Waals surface area contributed by atoms with Crippen LogP contribution in [0.25, 0.3) is 0 Å². The van der Waals surface area contributed by atoms with Crippen LogP contribution in [0, 0.1) is 0 Å². The topological polar surface area (TPSA) is 49.7 Å². The summed E-state index contributed by atoms with van der Waals surface area (Å²) in [4.78, 5) is 0. The summed E-state index contributed by atoms with van der Waals surface area (Å²) < 4.78 is 5.26. The van der Waals surface area contributed by atoms with E-state index in [9.17, 15) is 0 Å². The molecule has 3 nitrogen and oxygen atoms in total. The zero-order valence-corrected chi connectivity index (χ0v) is 7.99. The lowest BCUT2D eigenvalue weighted by atomic mass is 10.2. The number of aliphatic hydroxyl groups excluding tert-OH is 2. The second kappa shape index (κ2) is 7.53. The lowest BCUT2D eigenvalue weighted by molar-refractivity contribution is 0.0198. The van der Waals surface area contributed by atoms with Gasteiger partial charge in [-0.15, -0.1) is 0 Å². The van der Waals surface area contributed by atoms with Crippen molar-refractivity contribution < 1.29 is 14.9 Å². The van der Waals surface area contributed by atoms with Gasteiger partial charge in [-0.25, -0.2) is 0 Å². The van der Waals surface area contributed by atoms with Gasteiger partial charge in [-0.2, -0.15) is 0 Å². The fraction of sp³-hybridized carbons (Fsp3) is 1.00. The average Bonchev–Trinajstić information content (AvgIpc) is 2.52. The van der Waals surface area contributed by atoms with Gasteiger partial charge in [0.2, 0.25) is 0 Å². The van der Waals surface area contributed by atoms with E-state index in [2.05, 4.69) is 0 Å². The number of rotatable bonds is 2. The van der Waals surface area contributed by atoms with Crippen molar-refractivity contribution in [1.82, 2.24) is 0 Å². The van der Waals surface area contributed by atoms with E-state index in [1.54, 1.807) is 0 Å². The molecule has 0 saturated carbocycles. The molecule has 12 heavy (non-hydrogen) atoms. The first-order valence-corrected chi connectivity index (χ1v) is 4.61. The van der Waals surface area contributed by atoms with Gasteiger partial charge in [0.25, 0.3) is 0 Å². The third-order valence-corrected chi connectivity index (χ3v) is 1.75. The molecule has 2 atom stereocenters. The molecule has 0 amide bonds. The van der Waals surface area contributed by atoms with E-state index in [0.717, 1.165) is 19.3 Å². The molecular weight excluding hydrogens is 156 g/mol. The van der Waals surface area contributed by atoms with E-state index in [4.69, 9.17) is 14.9 Å². The zero-order chi connectivity index (χ0) is 9.40. The van der Waals surface area contributed by atoms with E-state index in [0.29, 0.717) is 12.7 Å². The largest absolute Gasteiger partial charge is 0.396 e. The van der Waals surface area contributed by atoms with Gasteiger partial charge in [0, 0.05) is 6.61 Å². The van der Waals surface area contributed by atoms with Crippen LogP contribution in [0.3, 0.4) is 0 Å². The van der Waals surface area contributed by atoms with Gasteiger partial charge in [0.15, 0.2) is 0 Å². The molecule has 0 radical (unpaired) electrons. The number of hydrogen-bond donors (Lipinski definition) is 2. The molecular formula is C9H20O3. The van der Waals surface area contributed by atoms with Crippen molar-refractivity contribution in [3.8, 4) is 0 Å². The van der Waals surface area contributed by atoms with Crippen molar-refractivity contribution in [2.24, 2.45) is 0 Å². The van der Waals surface area contributed by atoms with Crippen LogP contribution in [0.1, 0.15) is 33.1 Å². The van der Waals surface area contributed by atoms with Crippen LogP contribution in [0.15, 0.2) is 0 Å². The first kappa shape index (κ1) is 11.9. The van der Waals surface area contributed by atoms with Gasteiger partial charge in [-0.1, -0.05) is 6.92 Å². The summed E-state index contributed by atoms with van der Waals surface area (Å²) in [6.07, 6.45) is 3.50. The Morgan fingerprint density at radius 1 is 1.33 bits per heavy atom. The average molecular weight is 176 g/mol. The summed E-state index contributed by atoms with van der Waals surface area (Å²) in [5, 5.41) is 16.4. The fourth-order valence-electron chi connectivity index (χ4n) is 1.02. The van der Waals surface area contributed by atoms with Gasteiger partial charge in [0.05, 0.1) is 18.8 Å². The highest BCUT2D eigenvalue weighted by Crippen LogP contribution is 2.17. The summed E-state index contributed by atoms with van der Waals surface area (Å²) in [7, 11) is 0. The standard InChI is InChI=1S/C6H12O2.C3H8O/c1-5-2-3-6(4-7)8-5;1-2-3-4/h5-7H,2-4H2,1H3;4H,2-3H2,1H3. The van der Waals surface area contributed by atoms with Crippen LogP contribution >= 0.6 is 0 Å². The zero-order valence-electron chi connectivity index (χ0n) is 7.99. The van der Waals surface area contributed by atoms with E-state index < -0.39 is 0 Å². The SMILES string of the molecule is CC1CCC(CO)O1.CCCO. The minimum Gasteiger partial charge on any atom is -0.396 e. The minimum atomic E-state index is 0.130. The predicted molar refractivity (Wildman–Crippen MR) is 48.0 cm³/mol. The quantitative estimate of drug-likeness (QED) is 0.658. The number of hydrogen-bond acceptors (Lipinski definition) is 3. The molecule has 2 N–H and O–H groups in total. The molecule has 1 fully saturated rings. The number of ether oxygens (including phenoxy) is 1. The molecule has 1 saturated heterocycles. The molecule has 0 bridgehead atoms. The summed E-state index contributed by atoms with van der Waals surface area (Å²) in [5.74, 6) is 0. The maximum Gasteiger partial charge on any atom is 0.0810 e. The van der Waals surface area contributed by atoms with Crippen molar-refractivity contribution in [1.29, 1.82) is 0 Å². The summed E-state index contributed by atoms with van der Waals surface area (Å²) in [5.41, 5.74) is 0. The molecule has 1 aliphatic heterocycles. The van der Waals surface area contributed by atoms with Gasteiger partial charge in [0.1, 0.15) is 0 Å². The first-order chi connectivity index (χ1) is 5.74. The first-order valence-electron chi connectivity index (χ1n) is 4.61. The minimum absolute atomic E-state index is 0.130. The molecule has 0 aromatic heterocycles. The maximum absolute atomic E-state index is 8.56. The summed E-state index contributed by atoms with van der Waals surface area (Å²) in [6, 6.07) is 0. The Morgan fingerprint density at radius 2 is 1.92 bits per heavy atom. The molecule has 0 spiro atoms. The third kappa shape index (κ3) is 5.52. The molecule has 74 valence electrons. The van der Waals surface area contributed by atoms with Crippen molar-refractivity contribution in [2.45, 2.75) is 45.3 Å². The van der Waals surface area contributed by atoms with Gasteiger partial charge >= 0.3 is 0 Å². The van der Waals surface area contributed by atoms with Gasteiger partial charge < -0.3 is 14.9 Å². The number of aliphatic hydroxyl groups is 2. The Bertz CT molecular complexity index is 93.8. The van der Waals surface area contributed by atoms with Crippen molar-refractivity contribution >= 4 is 0 Å². The van der Waals surface area contributed by atoms with E-state index in [1.165, 1.54) is 0 Å². The highest BCUT2D eigenvalue weighted by Gasteiger charge is 2.19. The van der Waals surface area contributed by atoms with Crippen LogP contribution < -0.4 is 0 Å².